The Morgan fingerprint density at radius 1 is 1.00 bits per heavy atom. The van der Waals surface area contributed by atoms with Gasteiger partial charge in [0.1, 0.15) is 11.5 Å². The summed E-state index contributed by atoms with van der Waals surface area (Å²) in [4.78, 5) is 11.8. The van der Waals surface area contributed by atoms with Gasteiger partial charge in [0.15, 0.2) is 6.35 Å². The first kappa shape index (κ1) is 20.2. The maximum Gasteiger partial charge on any atom is 0.313 e. The zero-order valence-electron chi connectivity index (χ0n) is 15.6. The highest BCUT2D eigenvalue weighted by Gasteiger charge is 2.31. The predicted molar refractivity (Wildman–Crippen MR) is 102 cm³/mol. The molecule has 0 spiro atoms. The van der Waals surface area contributed by atoms with Crippen LogP contribution in [0.15, 0.2) is 54.6 Å². The van der Waals surface area contributed by atoms with E-state index < -0.39 is 13.8 Å². The Bertz CT molecular complexity index is 685. The molecule has 0 aliphatic heterocycles. The molecule has 6 heteroatoms. The van der Waals surface area contributed by atoms with Gasteiger partial charge in [-0.15, -0.1) is 0 Å². The maximum absolute atomic E-state index is 11.8. The van der Waals surface area contributed by atoms with Crippen molar-refractivity contribution in [2.24, 2.45) is 5.41 Å². The number of hydrogen-bond acceptors (Lipinski definition) is 5. The molecule has 0 fully saturated rings. The number of benzene rings is 2. The van der Waals surface area contributed by atoms with Crippen LogP contribution < -0.4 is 9.26 Å². The lowest BCUT2D eigenvalue weighted by Gasteiger charge is -2.25. The average molecular weight is 376 g/mol. The van der Waals surface area contributed by atoms with Gasteiger partial charge in [-0.2, -0.15) is 0 Å². The molecule has 0 bridgehead atoms. The number of ether oxygens (including phenoxy) is 2. The Morgan fingerprint density at radius 3 is 2.27 bits per heavy atom. The van der Waals surface area contributed by atoms with Gasteiger partial charge >= 0.3 is 5.97 Å². The highest BCUT2D eigenvalue weighted by atomic mass is 31.2. The number of para-hydroxylation sites is 1. The van der Waals surface area contributed by atoms with Gasteiger partial charge in [-0.1, -0.05) is 35.9 Å². The lowest BCUT2D eigenvalue weighted by Crippen LogP contribution is -2.30. The minimum Gasteiger partial charge on any atom is -0.483 e. The van der Waals surface area contributed by atoms with E-state index in [0.29, 0.717) is 5.75 Å². The second kappa shape index (κ2) is 9.56. The third-order valence-corrected chi connectivity index (χ3v) is 4.79. The molecular weight excluding hydrogens is 351 g/mol. The van der Waals surface area contributed by atoms with Gasteiger partial charge in [0.2, 0.25) is 0 Å². The zero-order chi connectivity index (χ0) is 19.0. The van der Waals surface area contributed by atoms with Crippen LogP contribution in [0.5, 0.6) is 11.5 Å². The van der Waals surface area contributed by atoms with Gasteiger partial charge in [0.25, 0.3) is 8.38 Å². The molecule has 0 amide bonds. The number of aryl methyl sites for hydroxylation is 1. The lowest BCUT2D eigenvalue weighted by molar-refractivity contribution is -0.152. The van der Waals surface area contributed by atoms with Gasteiger partial charge in [0.05, 0.1) is 19.1 Å². The first-order valence-electron chi connectivity index (χ1n) is 8.32. The topological polar surface area (TPSA) is 54.0 Å². The van der Waals surface area contributed by atoms with Crippen molar-refractivity contribution in [1.82, 2.24) is 0 Å². The van der Waals surface area contributed by atoms with E-state index in [0.717, 1.165) is 11.3 Å². The van der Waals surface area contributed by atoms with Crippen LogP contribution in [0.3, 0.4) is 0 Å². The lowest BCUT2D eigenvalue weighted by atomic mass is 9.95. The first-order chi connectivity index (χ1) is 12.4. The summed E-state index contributed by atoms with van der Waals surface area (Å²) in [5.74, 6) is 1.11. The summed E-state index contributed by atoms with van der Waals surface area (Å²) in [6.07, 6.45) is 0.255. The summed E-state index contributed by atoms with van der Waals surface area (Å²) < 4.78 is 22.5. The monoisotopic (exact) mass is 376 g/mol. The summed E-state index contributed by atoms with van der Waals surface area (Å²) in [6.45, 7) is 5.74. The molecule has 1 unspecified atom stereocenters. The van der Waals surface area contributed by atoms with E-state index in [4.69, 9.17) is 18.5 Å². The summed E-state index contributed by atoms with van der Waals surface area (Å²) in [5, 5.41) is 0. The molecule has 0 aromatic heterocycles. The van der Waals surface area contributed by atoms with Crippen molar-refractivity contribution in [2.45, 2.75) is 20.8 Å². The van der Waals surface area contributed by atoms with Crippen LogP contribution in [-0.4, -0.2) is 26.0 Å². The Balaban J connectivity index is 2.01. The number of esters is 1. The molecule has 0 saturated heterocycles. The van der Waals surface area contributed by atoms with Crippen molar-refractivity contribution in [3.05, 3.63) is 60.2 Å². The molecular formula is C20H25O5P. The van der Waals surface area contributed by atoms with Crippen LogP contribution in [-0.2, 0) is 14.1 Å². The fraction of sp³-hybridized carbons (Fsp3) is 0.350. The molecule has 2 rings (SSSR count). The third-order valence-electron chi connectivity index (χ3n) is 3.62. The molecule has 26 heavy (non-hydrogen) atoms. The molecule has 0 heterocycles. The van der Waals surface area contributed by atoms with Crippen LogP contribution in [0.4, 0.5) is 0 Å². The highest BCUT2D eigenvalue weighted by molar-refractivity contribution is 7.47. The van der Waals surface area contributed by atoms with E-state index in [-0.39, 0.29) is 18.9 Å². The van der Waals surface area contributed by atoms with Crippen molar-refractivity contribution in [3.63, 3.8) is 0 Å². The van der Waals surface area contributed by atoms with E-state index in [1.165, 1.54) is 7.11 Å². The molecule has 0 radical (unpaired) electrons. The highest BCUT2D eigenvalue weighted by Crippen LogP contribution is 2.41. The standard InChI is InChI=1S/C20H25O5P/c1-16-10-12-17(13-11-16)23-15-26(25-18-8-6-5-7-9-18)24-14-20(2,3)19(21)22-4/h5-13H,14-15H2,1-4H3. The number of hydrogen-bond donors (Lipinski definition) is 0. The molecule has 0 N–H and O–H groups in total. The molecule has 1 atom stereocenters. The third kappa shape index (κ3) is 6.32. The molecule has 5 nitrogen and oxygen atoms in total. The molecule has 0 saturated carbocycles. The van der Waals surface area contributed by atoms with E-state index in [1.54, 1.807) is 13.8 Å². The number of carbonyl (C=O) groups is 1. The van der Waals surface area contributed by atoms with Gasteiger partial charge in [-0.25, -0.2) is 0 Å². The summed E-state index contributed by atoms with van der Waals surface area (Å²) in [7, 11) is -0.0235. The molecule has 0 aliphatic carbocycles. The number of methoxy groups -OCH3 is 1. The van der Waals surface area contributed by atoms with Crippen molar-refractivity contribution in [1.29, 1.82) is 0 Å². The first-order valence-corrected chi connectivity index (χ1v) is 9.68. The second-order valence-corrected chi connectivity index (χ2v) is 7.84. The average Bonchev–Trinajstić information content (AvgIpc) is 2.65. The largest absolute Gasteiger partial charge is 0.483 e. The summed E-state index contributed by atoms with van der Waals surface area (Å²) in [6, 6.07) is 17.2. The van der Waals surface area contributed by atoms with Crippen molar-refractivity contribution in [2.75, 3.05) is 20.1 Å². The fourth-order valence-corrected chi connectivity index (χ4v) is 3.28. The van der Waals surface area contributed by atoms with Crippen LogP contribution in [0.1, 0.15) is 19.4 Å². The van der Waals surface area contributed by atoms with Crippen LogP contribution in [0.25, 0.3) is 0 Å². The quantitative estimate of drug-likeness (QED) is 0.458. The predicted octanol–water partition coefficient (Wildman–Crippen LogP) is 4.94. The van der Waals surface area contributed by atoms with Crippen LogP contribution in [0.2, 0.25) is 0 Å². The minimum atomic E-state index is -1.39. The summed E-state index contributed by atoms with van der Waals surface area (Å²) in [5.41, 5.74) is 0.399. The Morgan fingerprint density at radius 2 is 1.65 bits per heavy atom. The Hall–Kier alpha value is -2.10. The van der Waals surface area contributed by atoms with E-state index in [2.05, 4.69) is 0 Å². The van der Waals surface area contributed by atoms with Gasteiger partial charge < -0.3 is 18.5 Å². The number of rotatable bonds is 9. The van der Waals surface area contributed by atoms with E-state index in [1.807, 2.05) is 61.5 Å². The van der Waals surface area contributed by atoms with Crippen molar-refractivity contribution >= 4 is 14.3 Å². The van der Waals surface area contributed by atoms with Gasteiger partial charge in [-0.3, -0.25) is 4.79 Å². The fourth-order valence-electron chi connectivity index (χ4n) is 2.02. The number of carbonyl (C=O) groups excluding carboxylic acids is 1. The normalized spacial score (nSPS) is 12.3. The Labute approximate surface area is 156 Å². The molecule has 2 aromatic carbocycles. The molecule has 2 aromatic rings. The smallest absolute Gasteiger partial charge is 0.313 e. The SMILES string of the molecule is COC(=O)C(C)(C)COP(COc1ccc(C)cc1)Oc1ccccc1. The maximum atomic E-state index is 11.8. The van der Waals surface area contributed by atoms with Crippen LogP contribution in [0, 0.1) is 12.3 Å². The van der Waals surface area contributed by atoms with Crippen molar-refractivity contribution < 1.29 is 23.3 Å². The van der Waals surface area contributed by atoms with E-state index in [9.17, 15) is 4.79 Å². The second-order valence-electron chi connectivity index (χ2n) is 6.47. The molecule has 0 aliphatic rings. The Kier molecular flexibility index (Phi) is 7.43. The minimum absolute atomic E-state index is 0.176. The summed E-state index contributed by atoms with van der Waals surface area (Å²) >= 11 is 0. The van der Waals surface area contributed by atoms with E-state index >= 15 is 0 Å². The van der Waals surface area contributed by atoms with Crippen molar-refractivity contribution in [3.8, 4) is 11.5 Å². The van der Waals surface area contributed by atoms with Gasteiger partial charge in [0, 0.05) is 0 Å². The van der Waals surface area contributed by atoms with Gasteiger partial charge in [-0.05, 0) is 45.0 Å². The zero-order valence-corrected chi connectivity index (χ0v) is 16.5. The van der Waals surface area contributed by atoms with Crippen LogP contribution >= 0.6 is 8.38 Å². The molecule has 140 valence electrons.